The third-order valence-corrected chi connectivity index (χ3v) is 7.90. The van der Waals surface area contributed by atoms with Crippen LogP contribution < -0.4 is 16.2 Å². The third-order valence-electron chi connectivity index (χ3n) is 5.74. The van der Waals surface area contributed by atoms with Crippen molar-refractivity contribution in [3.05, 3.63) is 20.8 Å². The Morgan fingerprint density at radius 2 is 2.03 bits per heavy atom. The zero-order valence-electron chi connectivity index (χ0n) is 17.3. The Morgan fingerprint density at radius 3 is 2.80 bits per heavy atom. The molecular formula is C21H28N4O3S2. The number of carbonyl (C=O) groups is 2. The van der Waals surface area contributed by atoms with Crippen molar-refractivity contribution in [2.45, 2.75) is 82.5 Å². The van der Waals surface area contributed by atoms with E-state index in [1.54, 1.807) is 15.9 Å². The van der Waals surface area contributed by atoms with Gasteiger partial charge in [0.05, 0.1) is 5.39 Å². The van der Waals surface area contributed by atoms with Gasteiger partial charge in [-0.05, 0) is 44.1 Å². The van der Waals surface area contributed by atoms with Crippen molar-refractivity contribution in [3.63, 3.8) is 0 Å². The van der Waals surface area contributed by atoms with E-state index in [-0.39, 0.29) is 23.9 Å². The fourth-order valence-corrected chi connectivity index (χ4v) is 6.57. The van der Waals surface area contributed by atoms with Gasteiger partial charge in [0, 0.05) is 29.6 Å². The fraction of sp³-hybridized carbons (Fsp3) is 0.619. The number of rotatable bonds is 7. The summed E-state index contributed by atoms with van der Waals surface area (Å²) in [4.78, 5) is 44.1. The first-order chi connectivity index (χ1) is 14.6. The number of nitrogens with one attached hydrogen (secondary N) is 2. The van der Waals surface area contributed by atoms with Crippen LogP contribution in [-0.4, -0.2) is 33.3 Å². The van der Waals surface area contributed by atoms with Crippen molar-refractivity contribution < 1.29 is 9.59 Å². The van der Waals surface area contributed by atoms with Crippen LogP contribution in [0.4, 0.5) is 4.79 Å². The highest BCUT2D eigenvalue weighted by molar-refractivity contribution is 7.99. The van der Waals surface area contributed by atoms with E-state index >= 15 is 0 Å². The normalized spacial score (nSPS) is 16.2. The van der Waals surface area contributed by atoms with Crippen LogP contribution >= 0.6 is 23.1 Å². The van der Waals surface area contributed by atoms with Gasteiger partial charge >= 0.3 is 6.03 Å². The summed E-state index contributed by atoms with van der Waals surface area (Å²) in [5, 5.41) is 6.73. The first-order valence-corrected chi connectivity index (χ1v) is 12.6. The topological polar surface area (TPSA) is 93.1 Å². The summed E-state index contributed by atoms with van der Waals surface area (Å²) in [5.74, 6) is 0.161. The molecule has 0 radical (unpaired) electrons. The molecule has 2 N–H and O–H groups in total. The van der Waals surface area contributed by atoms with E-state index in [9.17, 15) is 14.4 Å². The van der Waals surface area contributed by atoms with E-state index in [1.807, 2.05) is 6.92 Å². The summed E-state index contributed by atoms with van der Waals surface area (Å²) in [6.45, 7) is 2.66. The lowest BCUT2D eigenvalue weighted by molar-refractivity contribution is -0.119. The number of nitrogens with zero attached hydrogens (tertiary/aromatic N) is 2. The number of thiophene rings is 1. The van der Waals surface area contributed by atoms with Gasteiger partial charge in [-0.25, -0.2) is 9.78 Å². The zero-order valence-corrected chi connectivity index (χ0v) is 18.9. The summed E-state index contributed by atoms with van der Waals surface area (Å²) >= 11 is 3.05. The first-order valence-electron chi connectivity index (χ1n) is 10.8. The van der Waals surface area contributed by atoms with Gasteiger partial charge in [0.15, 0.2) is 5.16 Å². The van der Waals surface area contributed by atoms with Crippen molar-refractivity contribution in [1.82, 2.24) is 20.2 Å². The maximum Gasteiger partial charge on any atom is 0.321 e. The maximum absolute atomic E-state index is 13.2. The third kappa shape index (κ3) is 4.56. The summed E-state index contributed by atoms with van der Waals surface area (Å²) in [5.41, 5.74) is 1.24. The van der Waals surface area contributed by atoms with Gasteiger partial charge in [-0.1, -0.05) is 31.5 Å². The van der Waals surface area contributed by atoms with Crippen LogP contribution in [0.3, 0.4) is 0 Å². The molecule has 2 aromatic rings. The Hall–Kier alpha value is -1.87. The number of fused-ring (bicyclic) bond motifs is 3. The van der Waals surface area contributed by atoms with E-state index in [0.29, 0.717) is 17.5 Å². The highest BCUT2D eigenvalue weighted by Gasteiger charge is 2.23. The van der Waals surface area contributed by atoms with Gasteiger partial charge in [-0.2, -0.15) is 0 Å². The smallest absolute Gasteiger partial charge is 0.321 e. The molecule has 0 aromatic carbocycles. The number of carbonyl (C=O) groups excluding carboxylic acids is 2. The zero-order chi connectivity index (χ0) is 21.1. The number of imide groups is 1. The Balaban J connectivity index is 1.39. The van der Waals surface area contributed by atoms with Crippen molar-refractivity contribution in [1.29, 1.82) is 0 Å². The minimum absolute atomic E-state index is 0.0455. The van der Waals surface area contributed by atoms with Crippen LogP contribution in [0, 0.1) is 0 Å². The summed E-state index contributed by atoms with van der Waals surface area (Å²) < 4.78 is 1.75. The van der Waals surface area contributed by atoms with Gasteiger partial charge in [-0.3, -0.25) is 19.5 Å². The van der Waals surface area contributed by atoms with E-state index in [4.69, 9.17) is 4.98 Å². The Labute approximate surface area is 184 Å². The van der Waals surface area contributed by atoms with Crippen molar-refractivity contribution in [3.8, 4) is 0 Å². The molecule has 2 aromatic heterocycles. The molecule has 0 atom stereocenters. The maximum atomic E-state index is 13.2. The highest BCUT2D eigenvalue weighted by Crippen LogP contribution is 2.35. The second-order valence-corrected chi connectivity index (χ2v) is 10.1. The largest absolute Gasteiger partial charge is 0.335 e. The number of hydrogen-bond acceptors (Lipinski definition) is 6. The van der Waals surface area contributed by atoms with Crippen LogP contribution in [0.1, 0.15) is 62.3 Å². The molecule has 0 bridgehead atoms. The minimum atomic E-state index is -0.410. The minimum Gasteiger partial charge on any atom is -0.335 e. The summed E-state index contributed by atoms with van der Waals surface area (Å²) in [6.07, 6.45) is 8.37. The molecule has 30 heavy (non-hydrogen) atoms. The monoisotopic (exact) mass is 448 g/mol. The molecule has 2 aliphatic rings. The SMILES string of the molecule is CCCn1c(SCCC(=O)NC(=O)NC2CCCC2)nc2sc3c(c2c1=O)CCC3. The molecule has 2 heterocycles. The van der Waals surface area contributed by atoms with E-state index in [1.165, 1.54) is 22.2 Å². The number of aryl methyl sites for hydroxylation is 2. The molecule has 7 nitrogen and oxygen atoms in total. The van der Waals surface area contributed by atoms with E-state index in [0.717, 1.165) is 61.6 Å². The summed E-state index contributed by atoms with van der Waals surface area (Å²) in [7, 11) is 0. The highest BCUT2D eigenvalue weighted by atomic mass is 32.2. The molecule has 1 fully saturated rings. The van der Waals surface area contributed by atoms with Crippen LogP contribution in [0.2, 0.25) is 0 Å². The van der Waals surface area contributed by atoms with Crippen molar-refractivity contribution >= 4 is 45.3 Å². The molecule has 162 valence electrons. The van der Waals surface area contributed by atoms with Crippen molar-refractivity contribution in [2.75, 3.05) is 5.75 Å². The van der Waals surface area contributed by atoms with E-state index in [2.05, 4.69) is 10.6 Å². The lowest BCUT2D eigenvalue weighted by Gasteiger charge is -2.13. The number of hydrogen-bond donors (Lipinski definition) is 2. The molecule has 1 saturated carbocycles. The average molecular weight is 449 g/mol. The van der Waals surface area contributed by atoms with Gasteiger partial charge in [0.25, 0.3) is 5.56 Å². The molecule has 0 saturated heterocycles. The lowest BCUT2D eigenvalue weighted by Crippen LogP contribution is -2.43. The first kappa shape index (κ1) is 21.4. The molecule has 4 rings (SSSR count). The number of urea groups is 1. The Morgan fingerprint density at radius 1 is 1.23 bits per heavy atom. The van der Waals surface area contributed by atoms with Gasteiger partial charge in [-0.15, -0.1) is 11.3 Å². The number of amides is 3. The Kier molecular flexibility index (Phi) is 6.77. The number of thioether (sulfide) groups is 1. The predicted molar refractivity (Wildman–Crippen MR) is 120 cm³/mol. The van der Waals surface area contributed by atoms with Gasteiger partial charge < -0.3 is 5.32 Å². The number of aromatic nitrogens is 2. The second-order valence-electron chi connectivity index (χ2n) is 7.99. The molecule has 0 aliphatic heterocycles. The Bertz CT molecular complexity index is 1010. The molecule has 9 heteroatoms. The van der Waals surface area contributed by atoms with Crippen LogP contribution in [-0.2, 0) is 24.2 Å². The molecule has 0 spiro atoms. The standard InChI is InChI=1S/C21H28N4O3S2/c1-2-11-25-19(27)17-14-8-5-9-15(14)30-18(17)24-21(25)29-12-10-16(26)23-20(28)22-13-6-3-4-7-13/h13H,2-12H2,1H3,(H2,22,23,26,28). The summed E-state index contributed by atoms with van der Waals surface area (Å²) in [6, 6.07) is -0.230. The van der Waals surface area contributed by atoms with Gasteiger partial charge in [0.1, 0.15) is 4.83 Å². The molecule has 0 unspecified atom stereocenters. The van der Waals surface area contributed by atoms with Crippen LogP contribution in [0.15, 0.2) is 9.95 Å². The van der Waals surface area contributed by atoms with Crippen molar-refractivity contribution in [2.24, 2.45) is 0 Å². The second kappa shape index (κ2) is 9.51. The average Bonchev–Trinajstić information content (AvgIpc) is 3.42. The van der Waals surface area contributed by atoms with Crippen LogP contribution in [0.5, 0.6) is 0 Å². The molecule has 2 aliphatic carbocycles. The fourth-order valence-electron chi connectivity index (χ4n) is 4.30. The van der Waals surface area contributed by atoms with Crippen LogP contribution in [0.25, 0.3) is 10.2 Å². The lowest BCUT2D eigenvalue weighted by atomic mass is 10.2. The quantitative estimate of drug-likeness (QED) is 0.499. The van der Waals surface area contributed by atoms with E-state index < -0.39 is 6.03 Å². The molecular weight excluding hydrogens is 420 g/mol. The predicted octanol–water partition coefficient (Wildman–Crippen LogP) is 3.61. The van der Waals surface area contributed by atoms with Gasteiger partial charge in [0.2, 0.25) is 5.91 Å². The molecule has 3 amide bonds.